The molecule has 14 heavy (non-hydrogen) atoms. The van der Waals surface area contributed by atoms with E-state index in [-0.39, 0.29) is 0 Å². The minimum absolute atomic E-state index is 0.370. The first kappa shape index (κ1) is 9.79. The fourth-order valence-electron chi connectivity index (χ4n) is 1.88. The average molecular weight is 207 g/mol. The van der Waals surface area contributed by atoms with Gasteiger partial charge in [-0.15, -0.1) is 11.6 Å². The fraction of sp³-hybridized carbons (Fsp3) is 0.385. The summed E-state index contributed by atoms with van der Waals surface area (Å²) >= 11 is 6.04. The van der Waals surface area contributed by atoms with Crippen LogP contribution in [0.15, 0.2) is 42.0 Å². The molecule has 1 aromatic rings. The summed E-state index contributed by atoms with van der Waals surface area (Å²) in [6.07, 6.45) is 6.77. The summed E-state index contributed by atoms with van der Waals surface area (Å²) in [4.78, 5) is 0. The molecule has 0 fully saturated rings. The summed E-state index contributed by atoms with van der Waals surface area (Å²) in [5.41, 5.74) is 2.96. The first-order valence-electron chi connectivity index (χ1n) is 5.20. The van der Waals surface area contributed by atoms with Gasteiger partial charge in [0.2, 0.25) is 0 Å². The Balaban J connectivity index is 1.99. The van der Waals surface area contributed by atoms with Gasteiger partial charge in [0.05, 0.1) is 0 Å². The lowest BCUT2D eigenvalue weighted by atomic mass is 9.94. The number of alkyl halides is 1. The summed E-state index contributed by atoms with van der Waals surface area (Å²) in [6, 6.07) is 10.6. The highest BCUT2D eigenvalue weighted by molar-refractivity contribution is 6.20. The molecular formula is C13H15Cl. The van der Waals surface area contributed by atoms with Crippen molar-refractivity contribution >= 4 is 11.6 Å². The number of halogens is 1. The van der Waals surface area contributed by atoms with Crippen LogP contribution in [0.5, 0.6) is 0 Å². The number of allylic oxidation sites excluding steroid dienone is 2. The maximum atomic E-state index is 6.04. The standard InChI is InChI=1S/C13H15Cl/c14-13-8-6-12(7-9-13)10-11-4-2-1-3-5-11/h1-6,13H,7-10H2/t13-/m1/s1. The normalized spacial score (nSPS) is 21.8. The molecule has 0 unspecified atom stereocenters. The lowest BCUT2D eigenvalue weighted by Crippen LogP contribution is -2.05. The third-order valence-corrected chi connectivity index (χ3v) is 3.11. The Morgan fingerprint density at radius 2 is 2.00 bits per heavy atom. The van der Waals surface area contributed by atoms with E-state index in [9.17, 15) is 0 Å². The Kier molecular flexibility index (Phi) is 3.26. The number of hydrogen-bond acceptors (Lipinski definition) is 0. The van der Waals surface area contributed by atoms with E-state index in [2.05, 4.69) is 36.4 Å². The maximum Gasteiger partial charge on any atom is 0.0373 e. The molecule has 1 aliphatic rings. The van der Waals surface area contributed by atoms with Crippen LogP contribution in [0.25, 0.3) is 0 Å². The van der Waals surface area contributed by atoms with Crippen LogP contribution in [-0.4, -0.2) is 5.38 Å². The second kappa shape index (κ2) is 4.65. The van der Waals surface area contributed by atoms with Crippen molar-refractivity contribution in [3.63, 3.8) is 0 Å². The quantitative estimate of drug-likeness (QED) is 0.508. The van der Waals surface area contributed by atoms with Gasteiger partial charge >= 0.3 is 0 Å². The highest BCUT2D eigenvalue weighted by Crippen LogP contribution is 2.24. The molecular weight excluding hydrogens is 192 g/mol. The van der Waals surface area contributed by atoms with Gasteiger partial charge in [-0.3, -0.25) is 0 Å². The van der Waals surface area contributed by atoms with Crippen LogP contribution >= 0.6 is 11.6 Å². The van der Waals surface area contributed by atoms with Crippen LogP contribution in [-0.2, 0) is 6.42 Å². The van der Waals surface area contributed by atoms with E-state index in [1.54, 1.807) is 5.57 Å². The van der Waals surface area contributed by atoms with Gasteiger partial charge < -0.3 is 0 Å². The lowest BCUT2D eigenvalue weighted by molar-refractivity contribution is 0.696. The number of hydrogen-bond donors (Lipinski definition) is 0. The molecule has 0 nitrogen and oxygen atoms in total. The van der Waals surface area contributed by atoms with E-state index in [0.29, 0.717) is 5.38 Å². The van der Waals surface area contributed by atoms with Gasteiger partial charge in [-0.2, -0.15) is 0 Å². The van der Waals surface area contributed by atoms with Crippen molar-refractivity contribution in [2.75, 3.05) is 0 Å². The van der Waals surface area contributed by atoms with Crippen molar-refractivity contribution in [3.05, 3.63) is 47.5 Å². The smallest absolute Gasteiger partial charge is 0.0373 e. The van der Waals surface area contributed by atoms with E-state index < -0.39 is 0 Å². The monoisotopic (exact) mass is 206 g/mol. The molecule has 0 N–H and O–H groups in total. The Bertz CT molecular complexity index is 313. The molecule has 2 rings (SSSR count). The van der Waals surface area contributed by atoms with E-state index in [0.717, 1.165) is 19.3 Å². The van der Waals surface area contributed by atoms with Crippen LogP contribution < -0.4 is 0 Å². The zero-order chi connectivity index (χ0) is 9.80. The Morgan fingerprint density at radius 1 is 1.21 bits per heavy atom. The lowest BCUT2D eigenvalue weighted by Gasteiger charge is -2.16. The molecule has 0 heterocycles. The van der Waals surface area contributed by atoms with Gasteiger partial charge in [0.25, 0.3) is 0 Å². The fourth-order valence-corrected chi connectivity index (χ4v) is 2.07. The van der Waals surface area contributed by atoms with Crippen LogP contribution in [0.3, 0.4) is 0 Å². The zero-order valence-electron chi connectivity index (χ0n) is 8.25. The predicted molar refractivity (Wildman–Crippen MR) is 61.7 cm³/mol. The molecule has 0 saturated heterocycles. The van der Waals surface area contributed by atoms with E-state index in [1.807, 2.05) is 0 Å². The first-order valence-corrected chi connectivity index (χ1v) is 5.64. The van der Waals surface area contributed by atoms with Crippen molar-refractivity contribution in [3.8, 4) is 0 Å². The van der Waals surface area contributed by atoms with Crippen molar-refractivity contribution in [2.45, 2.75) is 31.1 Å². The molecule has 1 aromatic carbocycles. The molecule has 0 saturated carbocycles. The Morgan fingerprint density at radius 3 is 2.64 bits per heavy atom. The second-order valence-electron chi connectivity index (χ2n) is 3.90. The minimum Gasteiger partial charge on any atom is -0.123 e. The van der Waals surface area contributed by atoms with Crippen LogP contribution in [0, 0.1) is 0 Å². The molecule has 74 valence electrons. The van der Waals surface area contributed by atoms with Crippen LogP contribution in [0.4, 0.5) is 0 Å². The van der Waals surface area contributed by atoms with Crippen molar-refractivity contribution < 1.29 is 0 Å². The van der Waals surface area contributed by atoms with Gasteiger partial charge in [-0.25, -0.2) is 0 Å². The number of rotatable bonds is 2. The average Bonchev–Trinajstić information content (AvgIpc) is 2.23. The highest BCUT2D eigenvalue weighted by Gasteiger charge is 2.11. The molecule has 0 spiro atoms. The van der Waals surface area contributed by atoms with Gasteiger partial charge in [-0.1, -0.05) is 42.0 Å². The van der Waals surface area contributed by atoms with Gasteiger partial charge in [0, 0.05) is 5.38 Å². The maximum absolute atomic E-state index is 6.04. The molecule has 1 aliphatic carbocycles. The van der Waals surface area contributed by atoms with Gasteiger partial charge in [0.1, 0.15) is 0 Å². The molecule has 1 heteroatoms. The van der Waals surface area contributed by atoms with E-state index in [4.69, 9.17) is 11.6 Å². The summed E-state index contributed by atoms with van der Waals surface area (Å²) in [6.45, 7) is 0. The molecule has 0 radical (unpaired) electrons. The summed E-state index contributed by atoms with van der Waals surface area (Å²) in [5.74, 6) is 0. The van der Waals surface area contributed by atoms with E-state index in [1.165, 1.54) is 12.0 Å². The highest BCUT2D eigenvalue weighted by atomic mass is 35.5. The topological polar surface area (TPSA) is 0 Å². The zero-order valence-corrected chi connectivity index (χ0v) is 9.00. The largest absolute Gasteiger partial charge is 0.123 e. The number of benzene rings is 1. The molecule has 0 aromatic heterocycles. The minimum atomic E-state index is 0.370. The van der Waals surface area contributed by atoms with Crippen LogP contribution in [0.2, 0.25) is 0 Å². The summed E-state index contributed by atoms with van der Waals surface area (Å²) in [5, 5.41) is 0.370. The van der Waals surface area contributed by atoms with Gasteiger partial charge in [0.15, 0.2) is 0 Å². The third kappa shape index (κ3) is 2.62. The van der Waals surface area contributed by atoms with Crippen molar-refractivity contribution in [1.82, 2.24) is 0 Å². The van der Waals surface area contributed by atoms with Crippen molar-refractivity contribution in [2.24, 2.45) is 0 Å². The van der Waals surface area contributed by atoms with Crippen LogP contribution in [0.1, 0.15) is 24.8 Å². The molecule has 0 aliphatic heterocycles. The molecule has 1 atom stereocenters. The first-order chi connectivity index (χ1) is 6.84. The van der Waals surface area contributed by atoms with Crippen molar-refractivity contribution in [1.29, 1.82) is 0 Å². The Labute approximate surface area is 90.6 Å². The molecule has 0 amide bonds. The van der Waals surface area contributed by atoms with Gasteiger partial charge in [-0.05, 0) is 31.2 Å². The van der Waals surface area contributed by atoms with E-state index >= 15 is 0 Å². The molecule has 0 bridgehead atoms. The summed E-state index contributed by atoms with van der Waals surface area (Å²) in [7, 11) is 0. The summed E-state index contributed by atoms with van der Waals surface area (Å²) < 4.78 is 0. The predicted octanol–water partition coefficient (Wildman–Crippen LogP) is 3.95. The second-order valence-corrected chi connectivity index (χ2v) is 4.51. The SMILES string of the molecule is Cl[C@@H]1CC=C(Cc2ccccc2)CC1. The third-order valence-electron chi connectivity index (χ3n) is 2.71. The Hall–Kier alpha value is -0.750.